The summed E-state index contributed by atoms with van der Waals surface area (Å²) < 4.78 is 65.4. The van der Waals surface area contributed by atoms with Crippen LogP contribution in [0.25, 0.3) is 23.3 Å². The Balaban J connectivity index is 2.07. The molecule has 0 bridgehead atoms. The SMILES string of the molecule is [2H]C([2H])([2H])c1c(/C=C/c2cc(CN[C@@](C)(CO)C(=O)O)ccc2C(F)(F)F)cccc1-c1ccccc1. The highest BCUT2D eigenvalue weighted by atomic mass is 19.4. The van der Waals surface area contributed by atoms with Gasteiger partial charge in [-0.15, -0.1) is 0 Å². The molecule has 3 aromatic rings. The average Bonchev–Trinajstić information content (AvgIpc) is 2.85. The summed E-state index contributed by atoms with van der Waals surface area (Å²) in [6, 6.07) is 17.0. The second-order valence-corrected chi connectivity index (χ2v) is 8.04. The highest BCUT2D eigenvalue weighted by Gasteiger charge is 2.34. The minimum atomic E-state index is -4.68. The maximum atomic E-state index is 13.7. The summed E-state index contributed by atoms with van der Waals surface area (Å²) in [6.07, 6.45) is -2.13. The number of hydrogen-bond acceptors (Lipinski definition) is 3. The molecule has 0 unspecified atom stereocenters. The van der Waals surface area contributed by atoms with Gasteiger partial charge in [-0.2, -0.15) is 13.2 Å². The molecule has 0 aliphatic rings. The summed E-state index contributed by atoms with van der Waals surface area (Å²) >= 11 is 0. The number of aliphatic carboxylic acids is 1. The Morgan fingerprint density at radius 1 is 1.03 bits per heavy atom. The summed E-state index contributed by atoms with van der Waals surface area (Å²) in [5, 5.41) is 21.3. The lowest BCUT2D eigenvalue weighted by Gasteiger charge is -2.24. The normalized spacial score (nSPS) is 15.4. The quantitative estimate of drug-likeness (QED) is 0.364. The highest BCUT2D eigenvalue weighted by Crippen LogP contribution is 2.34. The Labute approximate surface area is 200 Å². The van der Waals surface area contributed by atoms with E-state index in [0.29, 0.717) is 16.7 Å². The molecule has 0 saturated heterocycles. The number of aliphatic hydroxyl groups excluding tert-OH is 1. The van der Waals surface area contributed by atoms with Crippen LogP contribution in [0.2, 0.25) is 0 Å². The first-order valence-corrected chi connectivity index (χ1v) is 10.4. The summed E-state index contributed by atoms with van der Waals surface area (Å²) in [6.45, 7) is -2.11. The third-order valence-corrected chi connectivity index (χ3v) is 5.52. The summed E-state index contributed by atoms with van der Waals surface area (Å²) in [7, 11) is 0. The number of alkyl halides is 3. The van der Waals surface area contributed by atoms with Gasteiger partial charge in [-0.05, 0) is 59.3 Å². The molecule has 0 heterocycles. The van der Waals surface area contributed by atoms with E-state index in [-0.39, 0.29) is 23.2 Å². The molecule has 0 amide bonds. The number of aliphatic hydroxyl groups is 1. The van der Waals surface area contributed by atoms with Crippen LogP contribution in [-0.4, -0.2) is 28.3 Å². The van der Waals surface area contributed by atoms with Gasteiger partial charge in [0.1, 0.15) is 5.54 Å². The van der Waals surface area contributed by atoms with E-state index in [1.54, 1.807) is 42.5 Å². The second kappa shape index (κ2) is 10.2. The van der Waals surface area contributed by atoms with Gasteiger partial charge in [-0.25, -0.2) is 0 Å². The second-order valence-electron chi connectivity index (χ2n) is 8.04. The van der Waals surface area contributed by atoms with Crippen LogP contribution in [0.3, 0.4) is 0 Å². The first-order chi connectivity index (χ1) is 17.3. The lowest BCUT2D eigenvalue weighted by Crippen LogP contribution is -2.52. The van der Waals surface area contributed by atoms with Crippen LogP contribution in [-0.2, 0) is 17.5 Å². The van der Waals surface area contributed by atoms with Gasteiger partial charge in [0.05, 0.1) is 12.2 Å². The van der Waals surface area contributed by atoms with Crippen LogP contribution in [0.1, 0.15) is 38.9 Å². The fourth-order valence-electron chi connectivity index (χ4n) is 3.36. The molecule has 178 valence electrons. The van der Waals surface area contributed by atoms with Crippen molar-refractivity contribution in [3.05, 3.63) is 94.5 Å². The van der Waals surface area contributed by atoms with Gasteiger partial charge in [0.25, 0.3) is 0 Å². The predicted molar refractivity (Wildman–Crippen MR) is 127 cm³/mol. The summed E-state index contributed by atoms with van der Waals surface area (Å²) in [4.78, 5) is 11.4. The van der Waals surface area contributed by atoms with Crippen molar-refractivity contribution in [3.8, 4) is 11.1 Å². The minimum Gasteiger partial charge on any atom is -0.480 e. The number of rotatable bonds is 8. The third kappa shape index (κ3) is 5.73. The van der Waals surface area contributed by atoms with Crippen LogP contribution in [0.5, 0.6) is 0 Å². The molecule has 4 nitrogen and oxygen atoms in total. The van der Waals surface area contributed by atoms with E-state index < -0.39 is 36.7 Å². The van der Waals surface area contributed by atoms with Gasteiger partial charge in [-0.3, -0.25) is 10.1 Å². The fraction of sp³-hybridized carbons (Fsp3) is 0.222. The number of hydrogen-bond donors (Lipinski definition) is 3. The molecular weight excluding hydrogens is 443 g/mol. The molecule has 0 aliphatic carbocycles. The Bertz CT molecular complexity index is 1290. The molecule has 0 aromatic heterocycles. The zero-order valence-corrected chi connectivity index (χ0v) is 18.4. The van der Waals surface area contributed by atoms with Gasteiger partial charge in [0, 0.05) is 10.7 Å². The minimum absolute atomic E-state index is 0.0176. The van der Waals surface area contributed by atoms with E-state index in [4.69, 9.17) is 4.11 Å². The van der Waals surface area contributed by atoms with Gasteiger partial charge in [-0.1, -0.05) is 66.7 Å². The van der Waals surface area contributed by atoms with E-state index in [1.807, 2.05) is 0 Å². The Kier molecular flexibility index (Phi) is 6.36. The highest BCUT2D eigenvalue weighted by molar-refractivity contribution is 5.79. The monoisotopic (exact) mass is 472 g/mol. The van der Waals surface area contributed by atoms with Gasteiger partial charge >= 0.3 is 12.1 Å². The smallest absolute Gasteiger partial charge is 0.416 e. The molecule has 0 saturated carbocycles. The van der Waals surface area contributed by atoms with Crippen LogP contribution >= 0.6 is 0 Å². The van der Waals surface area contributed by atoms with Crippen molar-refractivity contribution in [2.24, 2.45) is 0 Å². The third-order valence-electron chi connectivity index (χ3n) is 5.52. The molecule has 0 radical (unpaired) electrons. The first-order valence-electron chi connectivity index (χ1n) is 11.9. The molecule has 0 aliphatic heterocycles. The van der Waals surface area contributed by atoms with Crippen molar-refractivity contribution in [1.82, 2.24) is 5.32 Å². The van der Waals surface area contributed by atoms with Crippen LogP contribution < -0.4 is 5.32 Å². The molecule has 3 aromatic carbocycles. The maximum absolute atomic E-state index is 13.7. The Morgan fingerprint density at radius 2 is 1.74 bits per heavy atom. The van der Waals surface area contributed by atoms with Crippen molar-refractivity contribution in [3.63, 3.8) is 0 Å². The number of halogens is 3. The molecule has 3 rings (SSSR count). The van der Waals surface area contributed by atoms with E-state index in [1.165, 1.54) is 37.3 Å². The van der Waals surface area contributed by atoms with E-state index in [0.717, 1.165) is 6.07 Å². The number of carboxylic acid groups (broad SMARTS) is 1. The van der Waals surface area contributed by atoms with Crippen LogP contribution in [0, 0.1) is 6.85 Å². The van der Waals surface area contributed by atoms with Crippen molar-refractivity contribution < 1.29 is 32.3 Å². The summed E-state index contributed by atoms with van der Waals surface area (Å²) in [5.41, 5.74) is -1.08. The number of carboxylic acids is 1. The van der Waals surface area contributed by atoms with Crippen molar-refractivity contribution in [2.75, 3.05) is 6.61 Å². The standard InChI is InChI=1S/C27H26F3NO3/c1-18-20(9-6-10-23(18)21-7-4-3-5-8-21)12-13-22-15-19(11-14-24(22)27(28,29)30)16-31-26(2,17-32)25(33)34/h3-15,31-32H,16-17H2,1-2H3,(H,33,34)/b13-12+/t26-/m0/s1/i1D3. The molecular formula is C27H26F3NO3. The molecule has 34 heavy (non-hydrogen) atoms. The van der Waals surface area contributed by atoms with E-state index in [9.17, 15) is 28.2 Å². The van der Waals surface area contributed by atoms with E-state index >= 15 is 0 Å². The predicted octanol–water partition coefficient (Wildman–Crippen LogP) is 5.78. The van der Waals surface area contributed by atoms with Gasteiger partial charge < -0.3 is 10.2 Å². The maximum Gasteiger partial charge on any atom is 0.416 e. The number of nitrogens with one attached hydrogen (secondary N) is 1. The number of carbonyl (C=O) groups is 1. The number of benzene rings is 3. The zero-order valence-electron chi connectivity index (χ0n) is 21.4. The Hall–Kier alpha value is -3.42. The molecule has 7 heteroatoms. The van der Waals surface area contributed by atoms with Crippen LogP contribution in [0.15, 0.2) is 66.7 Å². The van der Waals surface area contributed by atoms with Gasteiger partial charge in [0.15, 0.2) is 0 Å². The molecule has 0 fully saturated rings. The van der Waals surface area contributed by atoms with Crippen LogP contribution in [0.4, 0.5) is 13.2 Å². The van der Waals surface area contributed by atoms with Gasteiger partial charge in [0.2, 0.25) is 0 Å². The van der Waals surface area contributed by atoms with Crippen molar-refractivity contribution in [2.45, 2.75) is 32.0 Å². The lowest BCUT2D eigenvalue weighted by molar-refractivity contribution is -0.146. The Morgan fingerprint density at radius 3 is 2.35 bits per heavy atom. The fourth-order valence-corrected chi connectivity index (χ4v) is 3.36. The molecule has 0 spiro atoms. The van der Waals surface area contributed by atoms with Crippen molar-refractivity contribution >= 4 is 18.1 Å². The first kappa shape index (κ1) is 21.1. The zero-order chi connectivity index (χ0) is 27.4. The largest absolute Gasteiger partial charge is 0.480 e. The molecule has 1 atom stereocenters. The average molecular weight is 473 g/mol. The van der Waals surface area contributed by atoms with Crippen molar-refractivity contribution in [1.29, 1.82) is 0 Å². The topological polar surface area (TPSA) is 69.6 Å². The molecule has 3 N–H and O–H groups in total. The van der Waals surface area contributed by atoms with E-state index in [2.05, 4.69) is 5.32 Å². The summed E-state index contributed by atoms with van der Waals surface area (Å²) in [5.74, 6) is -1.31. The lowest BCUT2D eigenvalue weighted by atomic mass is 9.95.